The van der Waals surface area contributed by atoms with E-state index in [1.54, 1.807) is 27.0 Å². The number of aromatic nitrogens is 2. The number of carbonyl (C=O) groups is 2. The number of hydrogen-bond donors (Lipinski definition) is 2. The van der Waals surface area contributed by atoms with Gasteiger partial charge >= 0.3 is 12.1 Å². The zero-order valence-electron chi connectivity index (χ0n) is 13.3. The van der Waals surface area contributed by atoms with Gasteiger partial charge in [-0.3, -0.25) is 4.68 Å². The molecule has 1 heterocycles. The quantitative estimate of drug-likeness (QED) is 0.793. The highest BCUT2D eigenvalue weighted by atomic mass is 16.6. The predicted octanol–water partition coefficient (Wildman–Crippen LogP) is 1.65. The minimum atomic E-state index is -1.17. The molecule has 0 radical (unpaired) electrons. The van der Waals surface area contributed by atoms with Gasteiger partial charge in [-0.15, -0.1) is 0 Å². The third kappa shape index (κ3) is 6.47. The van der Waals surface area contributed by atoms with E-state index in [4.69, 9.17) is 9.47 Å². The van der Waals surface area contributed by atoms with Crippen LogP contribution in [0.15, 0.2) is 12.4 Å². The smallest absolute Gasteiger partial charge is 0.408 e. The first-order valence-electron chi connectivity index (χ1n) is 7.09. The lowest BCUT2D eigenvalue weighted by molar-refractivity contribution is -0.139. The number of rotatable bonds is 7. The molecule has 0 fully saturated rings. The van der Waals surface area contributed by atoms with E-state index >= 15 is 0 Å². The van der Waals surface area contributed by atoms with Crippen molar-refractivity contribution in [2.75, 3.05) is 6.61 Å². The molecule has 0 saturated heterocycles. The Morgan fingerprint density at radius 2 is 2.14 bits per heavy atom. The summed E-state index contributed by atoms with van der Waals surface area (Å²) in [5, 5.41) is 15.5. The van der Waals surface area contributed by atoms with Gasteiger partial charge in [-0.1, -0.05) is 6.92 Å². The van der Waals surface area contributed by atoms with E-state index in [0.29, 0.717) is 12.4 Å². The number of ether oxygens (including phenoxy) is 2. The summed E-state index contributed by atoms with van der Waals surface area (Å²) in [5.41, 5.74) is -0.694. The van der Waals surface area contributed by atoms with Crippen LogP contribution in [0.1, 0.15) is 34.1 Å². The van der Waals surface area contributed by atoms with Crippen molar-refractivity contribution < 1.29 is 24.2 Å². The second-order valence-electron chi connectivity index (χ2n) is 5.78. The van der Waals surface area contributed by atoms with Crippen LogP contribution in [-0.4, -0.2) is 45.2 Å². The largest absolute Gasteiger partial charge is 0.490 e. The number of nitrogens with zero attached hydrogens (tertiary/aromatic N) is 2. The molecule has 0 aliphatic heterocycles. The third-order valence-electron chi connectivity index (χ3n) is 2.44. The number of nitrogens with one attached hydrogen (secondary N) is 1. The van der Waals surface area contributed by atoms with Crippen molar-refractivity contribution in [3.63, 3.8) is 0 Å². The van der Waals surface area contributed by atoms with Crippen molar-refractivity contribution in [3.05, 3.63) is 12.4 Å². The van der Waals surface area contributed by atoms with Gasteiger partial charge in [0.25, 0.3) is 0 Å². The van der Waals surface area contributed by atoms with E-state index in [1.165, 1.54) is 10.9 Å². The number of carboxylic acids is 1. The number of carbonyl (C=O) groups excluding carboxylic acids is 1. The highest BCUT2D eigenvalue weighted by molar-refractivity contribution is 5.79. The Bertz CT molecular complexity index is 507. The van der Waals surface area contributed by atoms with Crippen LogP contribution in [0.3, 0.4) is 0 Å². The van der Waals surface area contributed by atoms with Crippen LogP contribution in [0.2, 0.25) is 0 Å². The molecule has 8 nitrogen and oxygen atoms in total. The van der Waals surface area contributed by atoms with Gasteiger partial charge < -0.3 is 19.9 Å². The van der Waals surface area contributed by atoms with Gasteiger partial charge in [0.05, 0.1) is 25.5 Å². The first-order valence-corrected chi connectivity index (χ1v) is 7.09. The minimum Gasteiger partial charge on any atom is -0.490 e. The average Bonchev–Trinajstić information content (AvgIpc) is 2.80. The number of amides is 1. The lowest BCUT2D eigenvalue weighted by Crippen LogP contribution is -2.45. The second kappa shape index (κ2) is 7.67. The molecule has 0 aliphatic carbocycles. The van der Waals surface area contributed by atoms with Crippen LogP contribution in [0, 0.1) is 0 Å². The van der Waals surface area contributed by atoms with Crippen molar-refractivity contribution in [1.29, 1.82) is 0 Å². The molecule has 1 amide bonds. The van der Waals surface area contributed by atoms with Crippen molar-refractivity contribution in [2.24, 2.45) is 0 Å². The summed E-state index contributed by atoms with van der Waals surface area (Å²) in [6.45, 7) is 7.62. The van der Waals surface area contributed by atoms with Crippen molar-refractivity contribution >= 4 is 12.1 Å². The summed E-state index contributed by atoms with van der Waals surface area (Å²) in [7, 11) is 0. The second-order valence-corrected chi connectivity index (χ2v) is 5.78. The predicted molar refractivity (Wildman–Crippen MR) is 78.8 cm³/mol. The lowest BCUT2D eigenvalue weighted by atomic mass is 10.2. The third-order valence-corrected chi connectivity index (χ3v) is 2.44. The van der Waals surface area contributed by atoms with Crippen LogP contribution >= 0.6 is 0 Å². The molecule has 1 aromatic rings. The monoisotopic (exact) mass is 313 g/mol. The van der Waals surface area contributed by atoms with Gasteiger partial charge in [-0.25, -0.2) is 9.59 Å². The summed E-state index contributed by atoms with van der Waals surface area (Å²) >= 11 is 0. The van der Waals surface area contributed by atoms with Crippen LogP contribution < -0.4 is 10.1 Å². The molecule has 0 aliphatic rings. The average molecular weight is 313 g/mol. The molecule has 0 bridgehead atoms. The molecule has 1 unspecified atom stereocenters. The van der Waals surface area contributed by atoms with Crippen LogP contribution in [0.4, 0.5) is 4.79 Å². The first kappa shape index (κ1) is 17.8. The molecule has 0 aromatic carbocycles. The molecular weight excluding hydrogens is 290 g/mol. The van der Waals surface area contributed by atoms with E-state index in [2.05, 4.69) is 10.4 Å². The molecule has 1 atom stereocenters. The first-order chi connectivity index (χ1) is 10.2. The van der Waals surface area contributed by atoms with E-state index in [9.17, 15) is 14.7 Å². The zero-order chi connectivity index (χ0) is 16.8. The molecule has 22 heavy (non-hydrogen) atoms. The molecule has 2 N–H and O–H groups in total. The van der Waals surface area contributed by atoms with Gasteiger partial charge in [-0.2, -0.15) is 5.10 Å². The number of aliphatic carboxylic acids is 1. The Morgan fingerprint density at radius 1 is 1.45 bits per heavy atom. The molecule has 1 rings (SSSR count). The fourth-order valence-corrected chi connectivity index (χ4v) is 1.56. The van der Waals surface area contributed by atoms with Crippen LogP contribution in [0.5, 0.6) is 5.75 Å². The highest BCUT2D eigenvalue weighted by Crippen LogP contribution is 2.10. The summed E-state index contributed by atoms with van der Waals surface area (Å²) in [5.74, 6) is -0.611. The molecule has 1 aromatic heterocycles. The van der Waals surface area contributed by atoms with Crippen molar-refractivity contribution in [1.82, 2.24) is 15.1 Å². The van der Waals surface area contributed by atoms with Gasteiger partial charge in [0.15, 0.2) is 5.75 Å². The maximum Gasteiger partial charge on any atom is 0.408 e. The molecule has 0 saturated carbocycles. The fraction of sp³-hybridized carbons (Fsp3) is 0.643. The lowest BCUT2D eigenvalue weighted by Gasteiger charge is -2.21. The van der Waals surface area contributed by atoms with Crippen LogP contribution in [-0.2, 0) is 16.1 Å². The Labute approximate surface area is 129 Å². The fourth-order valence-electron chi connectivity index (χ4n) is 1.56. The topological polar surface area (TPSA) is 103 Å². The zero-order valence-corrected chi connectivity index (χ0v) is 13.3. The number of carboxylic acid groups (broad SMARTS) is 1. The molecule has 124 valence electrons. The normalized spacial score (nSPS) is 12.5. The minimum absolute atomic E-state index is 0.0237. The van der Waals surface area contributed by atoms with Gasteiger partial charge in [-0.05, 0) is 27.2 Å². The summed E-state index contributed by atoms with van der Waals surface area (Å²) in [6, 6.07) is -1.14. The number of alkyl carbamates (subject to hydrolysis) is 1. The standard InChI is InChI=1S/C14H23N3O5/c1-5-6-21-10-7-15-17(8-10)9-11(12(18)19)16-13(20)22-14(2,3)4/h7-8,11H,5-6,9H2,1-4H3,(H,16,20)(H,18,19). The van der Waals surface area contributed by atoms with Gasteiger partial charge in [0.1, 0.15) is 11.6 Å². The molecule has 8 heteroatoms. The van der Waals surface area contributed by atoms with Gasteiger partial charge in [0.2, 0.25) is 0 Å². The number of hydrogen-bond acceptors (Lipinski definition) is 5. The van der Waals surface area contributed by atoms with E-state index < -0.39 is 23.7 Å². The maximum atomic E-state index is 11.7. The summed E-state index contributed by atoms with van der Waals surface area (Å²) < 4.78 is 11.8. The Kier molecular flexibility index (Phi) is 6.21. The molecule has 0 spiro atoms. The van der Waals surface area contributed by atoms with E-state index in [1.807, 2.05) is 6.92 Å². The molecular formula is C14H23N3O5. The van der Waals surface area contributed by atoms with Crippen molar-refractivity contribution in [2.45, 2.75) is 52.3 Å². The Balaban J connectivity index is 2.62. The van der Waals surface area contributed by atoms with Gasteiger partial charge in [0, 0.05) is 0 Å². The summed E-state index contributed by atoms with van der Waals surface area (Å²) in [6.07, 6.45) is 3.17. The Hall–Kier alpha value is -2.25. The van der Waals surface area contributed by atoms with E-state index in [-0.39, 0.29) is 6.54 Å². The summed E-state index contributed by atoms with van der Waals surface area (Å²) in [4.78, 5) is 22.9. The van der Waals surface area contributed by atoms with E-state index in [0.717, 1.165) is 6.42 Å². The maximum absolute atomic E-state index is 11.7. The van der Waals surface area contributed by atoms with Crippen molar-refractivity contribution in [3.8, 4) is 5.75 Å². The van der Waals surface area contributed by atoms with Crippen LogP contribution in [0.25, 0.3) is 0 Å². The SMILES string of the molecule is CCCOc1cnn(CC(NC(=O)OC(C)(C)C)C(=O)O)c1. The highest BCUT2D eigenvalue weighted by Gasteiger charge is 2.24. The Morgan fingerprint density at radius 3 is 2.68 bits per heavy atom.